The highest BCUT2D eigenvalue weighted by Gasteiger charge is 2.27. The quantitative estimate of drug-likeness (QED) is 0.768. The van der Waals surface area contributed by atoms with Crippen LogP contribution in [0.2, 0.25) is 0 Å². The van der Waals surface area contributed by atoms with Gasteiger partial charge in [-0.25, -0.2) is 4.79 Å². The standard InChI is InChI=1S/C13H16BrNO5S/c1-13(2,3)20-9(16)6-8(12(18)19)15-11(17)10-7(14)4-5-21-10/h4-5,8H,6H2,1-3H3,(H,15,17)(H,18,19)/t8-/m0/s1. The van der Waals surface area contributed by atoms with Crippen LogP contribution in [-0.2, 0) is 14.3 Å². The van der Waals surface area contributed by atoms with Crippen LogP contribution in [-0.4, -0.2) is 34.6 Å². The average molecular weight is 378 g/mol. The minimum atomic E-state index is -1.33. The lowest BCUT2D eigenvalue weighted by Gasteiger charge is -2.21. The highest BCUT2D eigenvalue weighted by Crippen LogP contribution is 2.22. The van der Waals surface area contributed by atoms with Crippen molar-refractivity contribution in [3.8, 4) is 0 Å². The van der Waals surface area contributed by atoms with Gasteiger partial charge in [-0.1, -0.05) is 0 Å². The Hall–Kier alpha value is -1.41. The Balaban J connectivity index is 2.71. The summed E-state index contributed by atoms with van der Waals surface area (Å²) in [4.78, 5) is 35.1. The molecule has 0 aliphatic carbocycles. The molecule has 1 atom stereocenters. The number of thiophene rings is 1. The molecule has 1 aromatic rings. The van der Waals surface area contributed by atoms with E-state index in [4.69, 9.17) is 9.84 Å². The molecule has 1 amide bonds. The third-order valence-corrected chi connectivity index (χ3v) is 4.05. The average Bonchev–Trinajstić information content (AvgIpc) is 2.71. The van der Waals surface area contributed by atoms with Crippen LogP contribution in [0.3, 0.4) is 0 Å². The van der Waals surface area contributed by atoms with Gasteiger partial charge in [0, 0.05) is 4.47 Å². The second kappa shape index (κ2) is 7.04. The Labute approximate surface area is 134 Å². The molecule has 0 saturated carbocycles. The number of rotatable bonds is 5. The molecule has 0 unspecified atom stereocenters. The van der Waals surface area contributed by atoms with Crippen LogP contribution in [0, 0.1) is 0 Å². The Morgan fingerprint density at radius 1 is 1.43 bits per heavy atom. The lowest BCUT2D eigenvalue weighted by molar-refractivity contribution is -0.158. The Bertz CT molecular complexity index is 549. The maximum atomic E-state index is 12.0. The van der Waals surface area contributed by atoms with E-state index in [2.05, 4.69) is 21.2 Å². The summed E-state index contributed by atoms with van der Waals surface area (Å²) in [6.45, 7) is 5.05. The van der Waals surface area contributed by atoms with Crippen molar-refractivity contribution >= 4 is 45.1 Å². The van der Waals surface area contributed by atoms with Gasteiger partial charge in [-0.05, 0) is 48.1 Å². The molecular weight excluding hydrogens is 362 g/mol. The molecule has 0 saturated heterocycles. The molecule has 0 aliphatic rings. The summed E-state index contributed by atoms with van der Waals surface area (Å²) < 4.78 is 5.63. The molecule has 2 N–H and O–H groups in total. The predicted molar refractivity (Wildman–Crippen MR) is 81.4 cm³/mol. The molecule has 21 heavy (non-hydrogen) atoms. The smallest absolute Gasteiger partial charge is 0.326 e. The van der Waals surface area contributed by atoms with Gasteiger partial charge >= 0.3 is 11.9 Å². The van der Waals surface area contributed by atoms with Gasteiger partial charge in [-0.3, -0.25) is 9.59 Å². The van der Waals surface area contributed by atoms with Gasteiger partial charge in [0.15, 0.2) is 0 Å². The van der Waals surface area contributed by atoms with E-state index in [-0.39, 0.29) is 0 Å². The van der Waals surface area contributed by atoms with Crippen LogP contribution in [0.4, 0.5) is 0 Å². The molecule has 0 aliphatic heterocycles. The number of nitrogens with one attached hydrogen (secondary N) is 1. The van der Waals surface area contributed by atoms with Crippen molar-refractivity contribution in [1.82, 2.24) is 5.32 Å². The van der Waals surface area contributed by atoms with Crippen molar-refractivity contribution in [1.29, 1.82) is 0 Å². The molecule has 116 valence electrons. The van der Waals surface area contributed by atoms with E-state index in [1.54, 1.807) is 32.2 Å². The summed E-state index contributed by atoms with van der Waals surface area (Å²) in [5.41, 5.74) is -0.707. The minimum Gasteiger partial charge on any atom is -0.480 e. The van der Waals surface area contributed by atoms with Crippen LogP contribution < -0.4 is 5.32 Å². The number of carboxylic acids is 1. The lowest BCUT2D eigenvalue weighted by atomic mass is 10.1. The number of hydrogen-bond donors (Lipinski definition) is 2. The number of aliphatic carboxylic acids is 1. The van der Waals surface area contributed by atoms with Crippen molar-refractivity contribution in [3.63, 3.8) is 0 Å². The van der Waals surface area contributed by atoms with E-state index in [1.807, 2.05) is 0 Å². The number of hydrogen-bond acceptors (Lipinski definition) is 5. The van der Waals surface area contributed by atoms with Crippen LogP contribution >= 0.6 is 27.3 Å². The van der Waals surface area contributed by atoms with Crippen molar-refractivity contribution in [2.45, 2.75) is 38.8 Å². The summed E-state index contributed by atoms with van der Waals surface area (Å²) >= 11 is 4.37. The number of carboxylic acid groups (broad SMARTS) is 1. The third-order valence-electron chi connectivity index (χ3n) is 2.22. The number of amides is 1. The van der Waals surface area contributed by atoms with Gasteiger partial charge in [0.1, 0.15) is 16.5 Å². The highest BCUT2D eigenvalue weighted by atomic mass is 79.9. The van der Waals surface area contributed by atoms with E-state index in [1.165, 1.54) is 11.3 Å². The molecule has 1 aromatic heterocycles. The summed E-state index contributed by atoms with van der Waals surface area (Å²) in [6.07, 6.45) is -0.429. The number of halogens is 1. The predicted octanol–water partition coefficient (Wildman–Crippen LogP) is 2.43. The summed E-state index contributed by atoms with van der Waals surface area (Å²) in [5.74, 6) is -2.52. The third kappa shape index (κ3) is 5.84. The molecule has 1 rings (SSSR count). The van der Waals surface area contributed by atoms with Crippen LogP contribution in [0.1, 0.15) is 36.9 Å². The zero-order valence-corrected chi connectivity index (χ0v) is 14.2. The van der Waals surface area contributed by atoms with E-state index in [9.17, 15) is 14.4 Å². The first-order valence-electron chi connectivity index (χ1n) is 6.08. The molecule has 1 heterocycles. The van der Waals surface area contributed by atoms with Gasteiger partial charge in [-0.15, -0.1) is 11.3 Å². The summed E-state index contributed by atoms with van der Waals surface area (Å²) in [7, 11) is 0. The minimum absolute atomic E-state index is 0.352. The molecule has 0 bridgehead atoms. The van der Waals surface area contributed by atoms with Crippen LogP contribution in [0.5, 0.6) is 0 Å². The van der Waals surface area contributed by atoms with Gasteiger partial charge in [-0.2, -0.15) is 0 Å². The van der Waals surface area contributed by atoms with Crippen molar-refractivity contribution in [3.05, 3.63) is 20.8 Å². The first-order chi connectivity index (χ1) is 9.60. The SMILES string of the molecule is CC(C)(C)OC(=O)C[C@H](NC(=O)c1sccc1Br)C(=O)O. The van der Waals surface area contributed by atoms with Gasteiger partial charge in [0.05, 0.1) is 6.42 Å². The van der Waals surface area contributed by atoms with Crippen molar-refractivity contribution in [2.75, 3.05) is 0 Å². The molecule has 0 aromatic carbocycles. The second-order valence-corrected chi connectivity index (χ2v) is 7.02. The number of carbonyl (C=O) groups is 3. The van der Waals surface area contributed by atoms with Crippen molar-refractivity contribution in [2.24, 2.45) is 0 Å². The first-order valence-corrected chi connectivity index (χ1v) is 7.76. The fraction of sp³-hybridized carbons (Fsp3) is 0.462. The molecule has 0 fully saturated rings. The van der Waals surface area contributed by atoms with Gasteiger partial charge in [0.25, 0.3) is 5.91 Å². The number of ether oxygens (including phenoxy) is 1. The van der Waals surface area contributed by atoms with Crippen LogP contribution in [0.15, 0.2) is 15.9 Å². The van der Waals surface area contributed by atoms with E-state index in [0.29, 0.717) is 9.35 Å². The Morgan fingerprint density at radius 2 is 2.05 bits per heavy atom. The number of esters is 1. The largest absolute Gasteiger partial charge is 0.480 e. The lowest BCUT2D eigenvalue weighted by Crippen LogP contribution is -2.43. The summed E-state index contributed by atoms with van der Waals surface area (Å²) in [6, 6.07) is 0.352. The zero-order chi connectivity index (χ0) is 16.2. The maximum Gasteiger partial charge on any atom is 0.326 e. The second-order valence-electron chi connectivity index (χ2n) is 5.25. The normalized spacial score (nSPS) is 12.6. The maximum absolute atomic E-state index is 12.0. The van der Waals surface area contributed by atoms with Crippen molar-refractivity contribution < 1.29 is 24.2 Å². The van der Waals surface area contributed by atoms with Crippen LogP contribution in [0.25, 0.3) is 0 Å². The fourth-order valence-corrected chi connectivity index (χ4v) is 2.88. The molecule has 0 spiro atoms. The monoisotopic (exact) mass is 377 g/mol. The molecule has 6 nitrogen and oxygen atoms in total. The first kappa shape index (κ1) is 17.6. The Kier molecular flexibility index (Phi) is 5.91. The zero-order valence-electron chi connectivity index (χ0n) is 11.8. The van der Waals surface area contributed by atoms with E-state index >= 15 is 0 Å². The van der Waals surface area contributed by atoms with Gasteiger partial charge < -0.3 is 15.2 Å². The fourth-order valence-electron chi connectivity index (χ4n) is 1.43. The highest BCUT2D eigenvalue weighted by molar-refractivity contribution is 9.10. The number of carbonyl (C=O) groups excluding carboxylic acids is 2. The topological polar surface area (TPSA) is 92.7 Å². The van der Waals surface area contributed by atoms with E-state index < -0.39 is 35.9 Å². The molecular formula is C13H16BrNO5S. The summed E-state index contributed by atoms with van der Waals surface area (Å²) in [5, 5.41) is 13.1. The molecule has 0 radical (unpaired) electrons. The van der Waals surface area contributed by atoms with Gasteiger partial charge in [0.2, 0.25) is 0 Å². The Morgan fingerprint density at radius 3 is 2.48 bits per heavy atom. The molecule has 8 heteroatoms. The van der Waals surface area contributed by atoms with E-state index in [0.717, 1.165) is 0 Å².